The van der Waals surface area contributed by atoms with E-state index in [4.69, 9.17) is 9.47 Å². The second-order valence-electron chi connectivity index (χ2n) is 4.89. The minimum Gasteiger partial charge on any atom is -0.497 e. The molecule has 8 heteroatoms. The van der Waals surface area contributed by atoms with E-state index in [-0.39, 0.29) is 29.4 Å². The van der Waals surface area contributed by atoms with E-state index in [1.54, 1.807) is 25.1 Å². The van der Waals surface area contributed by atoms with E-state index in [9.17, 15) is 14.4 Å². The van der Waals surface area contributed by atoms with Gasteiger partial charge in [0.25, 0.3) is 0 Å². The predicted octanol–water partition coefficient (Wildman–Crippen LogP) is 1.13. The Kier molecular flexibility index (Phi) is 5.49. The summed E-state index contributed by atoms with van der Waals surface area (Å²) in [6, 6.07) is 4.96. The molecule has 0 saturated carbocycles. The Hall–Kier alpha value is -2.22. The lowest BCUT2D eigenvalue weighted by Crippen LogP contribution is -2.49. The number of anilines is 1. The van der Waals surface area contributed by atoms with Crippen molar-refractivity contribution in [2.24, 2.45) is 0 Å². The number of amides is 3. The van der Waals surface area contributed by atoms with Crippen molar-refractivity contribution in [2.45, 2.75) is 12.2 Å². The van der Waals surface area contributed by atoms with Crippen LogP contribution in [-0.4, -0.2) is 54.4 Å². The van der Waals surface area contributed by atoms with E-state index in [0.29, 0.717) is 17.2 Å². The Morgan fingerprint density at radius 1 is 1.35 bits per heavy atom. The molecule has 0 aromatic heterocycles. The van der Waals surface area contributed by atoms with Gasteiger partial charge in [-0.2, -0.15) is 0 Å². The largest absolute Gasteiger partial charge is 0.497 e. The van der Waals surface area contributed by atoms with Gasteiger partial charge in [0, 0.05) is 6.07 Å². The zero-order valence-corrected chi connectivity index (χ0v) is 13.9. The Morgan fingerprint density at radius 2 is 2.09 bits per heavy atom. The third kappa shape index (κ3) is 3.95. The number of methoxy groups -OCH3 is 2. The van der Waals surface area contributed by atoms with Crippen LogP contribution in [-0.2, 0) is 14.4 Å². The van der Waals surface area contributed by atoms with Crippen LogP contribution in [0.1, 0.15) is 6.92 Å². The molecule has 0 radical (unpaired) electrons. The van der Waals surface area contributed by atoms with Gasteiger partial charge in [0.1, 0.15) is 18.0 Å². The lowest BCUT2D eigenvalue weighted by Gasteiger charge is -2.27. The molecule has 124 valence electrons. The number of hydrogen-bond donors (Lipinski definition) is 1. The summed E-state index contributed by atoms with van der Waals surface area (Å²) < 4.78 is 10.3. The van der Waals surface area contributed by atoms with Gasteiger partial charge >= 0.3 is 0 Å². The summed E-state index contributed by atoms with van der Waals surface area (Å²) in [6.45, 7) is 1.40. The Morgan fingerprint density at radius 3 is 2.74 bits per heavy atom. The fourth-order valence-corrected chi connectivity index (χ4v) is 2.92. The lowest BCUT2D eigenvalue weighted by atomic mass is 10.2. The Labute approximate surface area is 138 Å². The quantitative estimate of drug-likeness (QED) is 0.810. The maximum atomic E-state index is 12.2. The average Bonchev–Trinajstić information content (AvgIpc) is 2.55. The molecule has 23 heavy (non-hydrogen) atoms. The molecular weight excluding hydrogens is 320 g/mol. The van der Waals surface area contributed by atoms with Crippen LogP contribution in [0.15, 0.2) is 18.2 Å². The van der Waals surface area contributed by atoms with Gasteiger partial charge in [0.2, 0.25) is 17.7 Å². The van der Waals surface area contributed by atoms with Crippen LogP contribution in [0.25, 0.3) is 0 Å². The molecule has 1 N–H and O–H groups in total. The van der Waals surface area contributed by atoms with Crippen LogP contribution >= 0.6 is 11.8 Å². The number of carbonyl (C=O) groups is 3. The van der Waals surface area contributed by atoms with Gasteiger partial charge in [0.05, 0.1) is 30.9 Å². The number of rotatable bonds is 5. The number of thioether (sulfide) groups is 1. The normalized spacial score (nSPS) is 17.9. The standard InChI is InChI=1S/C15H18N2O5S/c1-9-15(20)17(14(19)8-23-9)7-13(18)16-11-6-10(21-2)4-5-12(11)22-3/h4-6,9H,7-8H2,1-3H3,(H,16,18)/t9-/m1/s1. The third-order valence-corrected chi connectivity index (χ3v) is 4.47. The smallest absolute Gasteiger partial charge is 0.244 e. The minimum absolute atomic E-state index is 0.197. The molecular formula is C15H18N2O5S. The molecule has 2 rings (SSSR count). The average molecular weight is 338 g/mol. The number of nitrogens with zero attached hydrogens (tertiary/aromatic N) is 1. The van der Waals surface area contributed by atoms with Gasteiger partial charge in [-0.1, -0.05) is 0 Å². The molecule has 7 nitrogen and oxygen atoms in total. The zero-order chi connectivity index (χ0) is 17.0. The van der Waals surface area contributed by atoms with Gasteiger partial charge < -0.3 is 14.8 Å². The maximum Gasteiger partial charge on any atom is 0.244 e. The number of imide groups is 1. The summed E-state index contributed by atoms with van der Waals surface area (Å²) in [6.07, 6.45) is 0. The van der Waals surface area contributed by atoms with Crippen LogP contribution in [0.2, 0.25) is 0 Å². The monoisotopic (exact) mass is 338 g/mol. The number of carbonyl (C=O) groups excluding carboxylic acids is 3. The molecule has 1 saturated heterocycles. The van der Waals surface area contributed by atoms with Gasteiger partial charge in [-0.25, -0.2) is 0 Å². The van der Waals surface area contributed by atoms with Crippen molar-refractivity contribution in [2.75, 3.05) is 31.8 Å². The molecule has 1 aliphatic rings. The second kappa shape index (κ2) is 7.36. The van der Waals surface area contributed by atoms with Crippen LogP contribution < -0.4 is 14.8 Å². The fraction of sp³-hybridized carbons (Fsp3) is 0.400. The zero-order valence-electron chi connectivity index (χ0n) is 13.1. The van der Waals surface area contributed by atoms with Crippen LogP contribution in [0.4, 0.5) is 5.69 Å². The SMILES string of the molecule is COc1ccc(OC)c(NC(=O)CN2C(=O)CS[C@H](C)C2=O)c1. The predicted molar refractivity (Wildman–Crippen MR) is 86.8 cm³/mol. The van der Waals surface area contributed by atoms with E-state index in [2.05, 4.69) is 5.32 Å². The first-order chi connectivity index (χ1) is 11.0. The van der Waals surface area contributed by atoms with Crippen molar-refractivity contribution < 1.29 is 23.9 Å². The highest BCUT2D eigenvalue weighted by Crippen LogP contribution is 2.29. The van der Waals surface area contributed by atoms with Gasteiger partial charge in [-0.3, -0.25) is 19.3 Å². The number of ether oxygens (including phenoxy) is 2. The summed E-state index contributed by atoms with van der Waals surface area (Å²) in [7, 11) is 2.99. The summed E-state index contributed by atoms with van der Waals surface area (Å²) in [4.78, 5) is 37.0. The van der Waals surface area contributed by atoms with Crippen LogP contribution in [0.5, 0.6) is 11.5 Å². The highest BCUT2D eigenvalue weighted by atomic mass is 32.2. The second-order valence-corrected chi connectivity index (χ2v) is 6.21. The molecule has 0 unspecified atom stereocenters. The molecule has 0 aliphatic carbocycles. The van der Waals surface area contributed by atoms with E-state index in [0.717, 1.165) is 4.90 Å². The Bertz CT molecular complexity index is 634. The highest BCUT2D eigenvalue weighted by Gasteiger charge is 2.33. The van der Waals surface area contributed by atoms with Crippen molar-refractivity contribution in [1.82, 2.24) is 4.90 Å². The first-order valence-electron chi connectivity index (χ1n) is 6.94. The van der Waals surface area contributed by atoms with Crippen molar-refractivity contribution in [3.8, 4) is 11.5 Å². The third-order valence-electron chi connectivity index (χ3n) is 3.35. The molecule has 1 aliphatic heterocycles. The van der Waals surface area contributed by atoms with Crippen molar-refractivity contribution in [3.05, 3.63) is 18.2 Å². The van der Waals surface area contributed by atoms with Crippen molar-refractivity contribution >= 4 is 35.2 Å². The van der Waals surface area contributed by atoms with Gasteiger partial charge in [-0.05, 0) is 19.1 Å². The first kappa shape index (κ1) is 17.1. The number of hydrogen-bond acceptors (Lipinski definition) is 6. The fourth-order valence-electron chi connectivity index (χ4n) is 2.10. The van der Waals surface area contributed by atoms with Gasteiger partial charge in [0.15, 0.2) is 0 Å². The van der Waals surface area contributed by atoms with E-state index in [1.165, 1.54) is 26.0 Å². The molecule has 1 aromatic carbocycles. The highest BCUT2D eigenvalue weighted by molar-refractivity contribution is 8.01. The molecule has 0 bridgehead atoms. The summed E-state index contributed by atoms with van der Waals surface area (Å²) in [5.74, 6) is 0.0284. The van der Waals surface area contributed by atoms with E-state index in [1.807, 2.05) is 0 Å². The van der Waals surface area contributed by atoms with Crippen molar-refractivity contribution in [3.63, 3.8) is 0 Å². The van der Waals surface area contributed by atoms with Crippen LogP contribution in [0.3, 0.4) is 0 Å². The molecule has 3 amide bonds. The van der Waals surface area contributed by atoms with E-state index >= 15 is 0 Å². The van der Waals surface area contributed by atoms with Crippen molar-refractivity contribution in [1.29, 1.82) is 0 Å². The summed E-state index contributed by atoms with van der Waals surface area (Å²) in [5.41, 5.74) is 0.413. The summed E-state index contributed by atoms with van der Waals surface area (Å²) in [5, 5.41) is 2.32. The first-order valence-corrected chi connectivity index (χ1v) is 7.98. The number of nitrogens with one attached hydrogen (secondary N) is 1. The Balaban J connectivity index is 2.10. The summed E-state index contributed by atoms with van der Waals surface area (Å²) >= 11 is 1.27. The maximum absolute atomic E-state index is 12.2. The minimum atomic E-state index is -0.475. The van der Waals surface area contributed by atoms with E-state index < -0.39 is 5.91 Å². The van der Waals surface area contributed by atoms with Gasteiger partial charge in [-0.15, -0.1) is 11.8 Å². The molecule has 1 aromatic rings. The lowest BCUT2D eigenvalue weighted by molar-refractivity contribution is -0.145. The molecule has 1 fully saturated rings. The topological polar surface area (TPSA) is 84.9 Å². The number of benzene rings is 1. The molecule has 1 heterocycles. The molecule has 1 atom stereocenters. The molecule has 0 spiro atoms. The van der Waals surface area contributed by atoms with Crippen LogP contribution in [0, 0.1) is 0 Å².